The van der Waals surface area contributed by atoms with Crippen LogP contribution in [0.4, 0.5) is 26.1 Å². The van der Waals surface area contributed by atoms with Crippen LogP contribution >= 0.6 is 0 Å². The molecule has 22 heavy (non-hydrogen) atoms. The molecule has 3 rings (SSSR count). The summed E-state index contributed by atoms with van der Waals surface area (Å²) in [5.41, 5.74) is 0.193. The average Bonchev–Trinajstić information content (AvgIpc) is 2.51. The van der Waals surface area contributed by atoms with E-state index >= 15 is 0 Å². The number of anilines is 3. The van der Waals surface area contributed by atoms with E-state index in [-0.39, 0.29) is 5.69 Å². The summed E-state index contributed by atoms with van der Waals surface area (Å²) < 4.78 is 26.6. The standard InChI is InChI=1S/C16H18F2N4/c1-11-4-6-22(7-5-11)16-9-15(19-10-20-16)21-14-3-2-12(17)8-13(14)18/h2-3,8-11H,4-7H2,1H3,(H,19,20,21). The second-order valence-corrected chi connectivity index (χ2v) is 5.68. The lowest BCUT2D eigenvalue weighted by Crippen LogP contribution is -2.33. The quantitative estimate of drug-likeness (QED) is 0.938. The van der Waals surface area contributed by atoms with Gasteiger partial charge in [-0.2, -0.15) is 0 Å². The maximum atomic E-state index is 13.7. The van der Waals surface area contributed by atoms with Crippen LogP contribution in [0.15, 0.2) is 30.6 Å². The Morgan fingerprint density at radius 1 is 1.14 bits per heavy atom. The van der Waals surface area contributed by atoms with Crippen LogP contribution in [-0.4, -0.2) is 23.1 Å². The van der Waals surface area contributed by atoms with Crippen LogP contribution in [0.3, 0.4) is 0 Å². The molecule has 1 aromatic heterocycles. The fourth-order valence-electron chi connectivity index (χ4n) is 2.55. The highest BCUT2D eigenvalue weighted by atomic mass is 19.1. The first-order valence-electron chi connectivity index (χ1n) is 7.41. The van der Waals surface area contributed by atoms with E-state index in [2.05, 4.69) is 27.1 Å². The minimum absolute atomic E-state index is 0.193. The molecular weight excluding hydrogens is 286 g/mol. The predicted octanol–water partition coefficient (Wildman–Crippen LogP) is 3.73. The van der Waals surface area contributed by atoms with Crippen molar-refractivity contribution < 1.29 is 8.78 Å². The molecule has 6 heteroatoms. The predicted molar refractivity (Wildman–Crippen MR) is 82.3 cm³/mol. The molecule has 1 aliphatic heterocycles. The van der Waals surface area contributed by atoms with Gasteiger partial charge in [-0.15, -0.1) is 0 Å². The second-order valence-electron chi connectivity index (χ2n) is 5.68. The Labute approximate surface area is 128 Å². The van der Waals surface area contributed by atoms with Crippen LogP contribution in [0.25, 0.3) is 0 Å². The van der Waals surface area contributed by atoms with Gasteiger partial charge in [-0.25, -0.2) is 18.7 Å². The molecule has 4 nitrogen and oxygen atoms in total. The SMILES string of the molecule is CC1CCN(c2cc(Nc3ccc(F)cc3F)ncn2)CC1. The molecule has 116 valence electrons. The van der Waals surface area contributed by atoms with Crippen molar-refractivity contribution in [2.24, 2.45) is 5.92 Å². The summed E-state index contributed by atoms with van der Waals surface area (Å²) in [6.07, 6.45) is 3.73. The van der Waals surface area contributed by atoms with Gasteiger partial charge in [0, 0.05) is 25.2 Å². The highest BCUT2D eigenvalue weighted by molar-refractivity contribution is 5.59. The van der Waals surface area contributed by atoms with Crippen LogP contribution in [0.2, 0.25) is 0 Å². The van der Waals surface area contributed by atoms with Gasteiger partial charge in [0.25, 0.3) is 0 Å². The number of hydrogen-bond acceptors (Lipinski definition) is 4. The van der Waals surface area contributed by atoms with Crippen molar-refractivity contribution in [2.75, 3.05) is 23.3 Å². The van der Waals surface area contributed by atoms with Crippen molar-refractivity contribution in [3.05, 3.63) is 42.2 Å². The second kappa shape index (κ2) is 6.25. The highest BCUT2D eigenvalue weighted by Crippen LogP contribution is 2.24. The van der Waals surface area contributed by atoms with E-state index in [0.717, 1.165) is 43.7 Å². The number of nitrogens with zero attached hydrogens (tertiary/aromatic N) is 3. The Hall–Kier alpha value is -2.24. The van der Waals surface area contributed by atoms with Crippen molar-refractivity contribution >= 4 is 17.3 Å². The van der Waals surface area contributed by atoms with Crippen molar-refractivity contribution in [3.63, 3.8) is 0 Å². The lowest BCUT2D eigenvalue weighted by molar-refractivity contribution is 0.436. The molecule has 1 fully saturated rings. The Balaban J connectivity index is 1.76. The van der Waals surface area contributed by atoms with Gasteiger partial charge >= 0.3 is 0 Å². The fourth-order valence-corrected chi connectivity index (χ4v) is 2.55. The van der Waals surface area contributed by atoms with Crippen LogP contribution in [0, 0.1) is 17.6 Å². The molecule has 0 bridgehead atoms. The molecule has 0 unspecified atom stereocenters. The molecule has 0 radical (unpaired) electrons. The van der Waals surface area contributed by atoms with Crippen LogP contribution < -0.4 is 10.2 Å². The van der Waals surface area contributed by atoms with Gasteiger partial charge in [-0.1, -0.05) is 6.92 Å². The Kier molecular flexibility index (Phi) is 4.18. The molecule has 0 spiro atoms. The zero-order valence-electron chi connectivity index (χ0n) is 12.4. The normalized spacial score (nSPS) is 15.9. The van der Waals surface area contributed by atoms with E-state index in [1.54, 1.807) is 6.07 Å². The maximum Gasteiger partial charge on any atom is 0.149 e. The molecule has 0 atom stereocenters. The monoisotopic (exact) mass is 304 g/mol. The smallest absolute Gasteiger partial charge is 0.149 e. The first-order valence-corrected chi connectivity index (χ1v) is 7.41. The van der Waals surface area contributed by atoms with Crippen LogP contribution in [0.5, 0.6) is 0 Å². The Morgan fingerprint density at radius 2 is 1.91 bits per heavy atom. The molecule has 1 N–H and O–H groups in total. The third kappa shape index (κ3) is 3.32. The number of halogens is 2. The first kappa shape index (κ1) is 14.7. The van der Waals surface area contributed by atoms with Gasteiger partial charge in [-0.05, 0) is 30.9 Å². The van der Waals surface area contributed by atoms with E-state index < -0.39 is 11.6 Å². The van der Waals surface area contributed by atoms with Crippen molar-refractivity contribution in [3.8, 4) is 0 Å². The summed E-state index contributed by atoms with van der Waals surface area (Å²) in [5, 5.41) is 2.87. The molecule has 0 amide bonds. The topological polar surface area (TPSA) is 41.0 Å². The number of aromatic nitrogens is 2. The molecule has 2 aromatic rings. The highest BCUT2D eigenvalue weighted by Gasteiger charge is 2.17. The molecule has 1 aromatic carbocycles. The molecule has 2 heterocycles. The maximum absolute atomic E-state index is 13.7. The average molecular weight is 304 g/mol. The molecule has 1 aliphatic rings. The minimum Gasteiger partial charge on any atom is -0.356 e. The summed E-state index contributed by atoms with van der Waals surface area (Å²) in [6.45, 7) is 4.17. The Morgan fingerprint density at radius 3 is 2.64 bits per heavy atom. The summed E-state index contributed by atoms with van der Waals surface area (Å²) in [5.74, 6) is 0.811. The molecule has 1 saturated heterocycles. The summed E-state index contributed by atoms with van der Waals surface area (Å²) in [7, 11) is 0. The molecular formula is C16H18F2N4. The van der Waals surface area contributed by atoms with Crippen molar-refractivity contribution in [1.82, 2.24) is 9.97 Å². The zero-order chi connectivity index (χ0) is 15.5. The van der Waals surface area contributed by atoms with Gasteiger partial charge in [0.1, 0.15) is 29.6 Å². The van der Waals surface area contributed by atoms with Gasteiger partial charge in [0.05, 0.1) is 5.69 Å². The third-order valence-electron chi connectivity index (χ3n) is 3.95. The fraction of sp³-hybridized carbons (Fsp3) is 0.375. The van der Waals surface area contributed by atoms with E-state index in [1.165, 1.54) is 18.5 Å². The summed E-state index contributed by atoms with van der Waals surface area (Å²) in [6, 6.07) is 5.20. The summed E-state index contributed by atoms with van der Waals surface area (Å²) >= 11 is 0. The number of nitrogens with one attached hydrogen (secondary N) is 1. The lowest BCUT2D eigenvalue weighted by Gasteiger charge is -2.31. The number of hydrogen-bond donors (Lipinski definition) is 1. The van der Waals surface area contributed by atoms with Crippen molar-refractivity contribution in [2.45, 2.75) is 19.8 Å². The van der Waals surface area contributed by atoms with Crippen molar-refractivity contribution in [1.29, 1.82) is 0 Å². The summed E-state index contributed by atoms with van der Waals surface area (Å²) in [4.78, 5) is 10.6. The number of benzene rings is 1. The van der Waals surface area contributed by atoms with Crippen LogP contribution in [-0.2, 0) is 0 Å². The molecule has 0 saturated carbocycles. The first-order chi connectivity index (χ1) is 10.6. The lowest BCUT2D eigenvalue weighted by atomic mass is 9.99. The van der Waals surface area contributed by atoms with Gasteiger partial charge in [0.15, 0.2) is 0 Å². The van der Waals surface area contributed by atoms with Gasteiger partial charge in [0.2, 0.25) is 0 Å². The largest absolute Gasteiger partial charge is 0.356 e. The van der Waals surface area contributed by atoms with E-state index in [0.29, 0.717) is 5.82 Å². The van der Waals surface area contributed by atoms with Crippen LogP contribution in [0.1, 0.15) is 19.8 Å². The van der Waals surface area contributed by atoms with Gasteiger partial charge in [-0.3, -0.25) is 0 Å². The Bertz CT molecular complexity index is 654. The zero-order valence-corrected chi connectivity index (χ0v) is 12.4. The number of rotatable bonds is 3. The number of piperidine rings is 1. The minimum atomic E-state index is -0.646. The third-order valence-corrected chi connectivity index (χ3v) is 3.95. The molecule has 0 aliphatic carbocycles. The van der Waals surface area contributed by atoms with E-state index in [1.807, 2.05) is 0 Å². The van der Waals surface area contributed by atoms with E-state index in [4.69, 9.17) is 0 Å². The van der Waals surface area contributed by atoms with E-state index in [9.17, 15) is 8.78 Å². The van der Waals surface area contributed by atoms with Gasteiger partial charge < -0.3 is 10.2 Å².